The zero-order valence-corrected chi connectivity index (χ0v) is 18.6. The van der Waals surface area contributed by atoms with Crippen molar-refractivity contribution in [3.05, 3.63) is 46.9 Å². The summed E-state index contributed by atoms with van der Waals surface area (Å²) in [5.41, 5.74) is 3.01. The van der Waals surface area contributed by atoms with Gasteiger partial charge in [0.1, 0.15) is 17.4 Å². The third-order valence-electron chi connectivity index (χ3n) is 6.30. The number of aromatic nitrogens is 2. The van der Waals surface area contributed by atoms with Gasteiger partial charge in [-0.3, -0.25) is 14.5 Å². The van der Waals surface area contributed by atoms with E-state index in [1.165, 1.54) is 0 Å². The van der Waals surface area contributed by atoms with Gasteiger partial charge in [0.05, 0.1) is 13.7 Å². The third kappa shape index (κ3) is 4.40. The maximum atomic E-state index is 12.9. The molecule has 1 aromatic carbocycles. The first-order valence-electron chi connectivity index (χ1n) is 11.1. The molecule has 0 spiro atoms. The van der Waals surface area contributed by atoms with Crippen molar-refractivity contribution in [1.29, 1.82) is 0 Å². The van der Waals surface area contributed by atoms with Crippen LogP contribution in [0, 0.1) is 6.92 Å². The summed E-state index contributed by atoms with van der Waals surface area (Å²) in [6, 6.07) is 7.76. The van der Waals surface area contributed by atoms with E-state index in [2.05, 4.69) is 0 Å². The molecule has 0 saturated carbocycles. The van der Waals surface area contributed by atoms with E-state index in [1.54, 1.807) is 12.0 Å². The molecule has 0 unspecified atom stereocenters. The van der Waals surface area contributed by atoms with Crippen molar-refractivity contribution in [2.45, 2.75) is 58.4 Å². The number of ether oxygens (including phenoxy) is 1. The quantitative estimate of drug-likeness (QED) is 0.738. The van der Waals surface area contributed by atoms with E-state index >= 15 is 0 Å². The fourth-order valence-electron chi connectivity index (χ4n) is 4.50. The van der Waals surface area contributed by atoms with Gasteiger partial charge in [-0.2, -0.15) is 0 Å². The number of methoxy groups -OCH3 is 1. The zero-order valence-electron chi connectivity index (χ0n) is 18.6. The van der Waals surface area contributed by atoms with Gasteiger partial charge in [-0.05, 0) is 43.9 Å². The molecule has 0 radical (unpaired) electrons. The van der Waals surface area contributed by atoms with Crippen molar-refractivity contribution in [2.24, 2.45) is 0 Å². The van der Waals surface area contributed by atoms with Gasteiger partial charge in [0, 0.05) is 43.1 Å². The van der Waals surface area contributed by atoms with Crippen LogP contribution >= 0.6 is 0 Å². The molecule has 0 aliphatic carbocycles. The van der Waals surface area contributed by atoms with E-state index in [0.717, 1.165) is 53.6 Å². The Morgan fingerprint density at radius 2 is 1.97 bits per heavy atom. The lowest BCUT2D eigenvalue weighted by atomic mass is 9.95. The summed E-state index contributed by atoms with van der Waals surface area (Å²) in [6.07, 6.45) is 3.56. The largest absolute Gasteiger partial charge is 0.497 e. The number of benzene rings is 1. The summed E-state index contributed by atoms with van der Waals surface area (Å²) in [6.45, 7) is 5.82. The molecule has 1 aromatic heterocycles. The van der Waals surface area contributed by atoms with Crippen LogP contribution in [0.1, 0.15) is 61.2 Å². The van der Waals surface area contributed by atoms with Gasteiger partial charge < -0.3 is 9.64 Å². The number of piperidine rings is 1. The molecule has 31 heavy (non-hydrogen) atoms. The molecule has 0 bridgehead atoms. The van der Waals surface area contributed by atoms with Gasteiger partial charge in [0.2, 0.25) is 11.8 Å². The van der Waals surface area contributed by atoms with Crippen LogP contribution in [-0.4, -0.2) is 46.9 Å². The van der Waals surface area contributed by atoms with Gasteiger partial charge in [0.15, 0.2) is 0 Å². The number of carbonyl (C=O) groups excluding carboxylic acids is 2. The molecule has 1 fully saturated rings. The number of amides is 2. The minimum atomic E-state index is 0.0822. The summed E-state index contributed by atoms with van der Waals surface area (Å²) >= 11 is 0. The summed E-state index contributed by atoms with van der Waals surface area (Å²) in [5.74, 6) is 2.63. The predicted molar refractivity (Wildman–Crippen MR) is 118 cm³/mol. The topological polar surface area (TPSA) is 75.6 Å². The number of nitrogens with zero attached hydrogens (tertiary/aromatic N) is 4. The Morgan fingerprint density at radius 1 is 1.19 bits per heavy atom. The van der Waals surface area contributed by atoms with Gasteiger partial charge >= 0.3 is 0 Å². The number of fused-ring (bicyclic) bond motifs is 1. The summed E-state index contributed by atoms with van der Waals surface area (Å²) < 4.78 is 5.24. The first kappa shape index (κ1) is 21.3. The van der Waals surface area contributed by atoms with Crippen LogP contribution in [0.15, 0.2) is 24.3 Å². The van der Waals surface area contributed by atoms with Crippen LogP contribution in [-0.2, 0) is 22.6 Å². The second-order valence-corrected chi connectivity index (χ2v) is 8.33. The van der Waals surface area contributed by atoms with Crippen LogP contribution < -0.4 is 9.64 Å². The van der Waals surface area contributed by atoms with Crippen LogP contribution in [0.2, 0.25) is 0 Å². The van der Waals surface area contributed by atoms with Crippen molar-refractivity contribution in [3.63, 3.8) is 0 Å². The summed E-state index contributed by atoms with van der Waals surface area (Å²) in [7, 11) is 1.64. The van der Waals surface area contributed by atoms with Crippen LogP contribution in [0.3, 0.4) is 0 Å². The molecule has 0 N–H and O–H groups in total. The molecule has 1 atom stereocenters. The monoisotopic (exact) mass is 422 g/mol. The summed E-state index contributed by atoms with van der Waals surface area (Å²) in [5, 5.41) is 0. The Kier molecular flexibility index (Phi) is 6.20. The number of anilines is 1. The average molecular weight is 423 g/mol. The Bertz CT molecular complexity index is 974. The molecule has 2 amide bonds. The lowest BCUT2D eigenvalue weighted by Crippen LogP contribution is -2.40. The van der Waals surface area contributed by atoms with E-state index in [1.807, 2.05) is 43.0 Å². The van der Waals surface area contributed by atoms with Gasteiger partial charge in [-0.1, -0.05) is 19.1 Å². The molecular weight excluding hydrogens is 392 g/mol. The molecule has 164 valence electrons. The van der Waals surface area contributed by atoms with Gasteiger partial charge in [-0.15, -0.1) is 0 Å². The second kappa shape index (κ2) is 9.04. The molecular formula is C24H30N4O3. The van der Waals surface area contributed by atoms with Crippen molar-refractivity contribution >= 4 is 17.6 Å². The second-order valence-electron chi connectivity index (χ2n) is 8.33. The van der Waals surface area contributed by atoms with E-state index in [0.29, 0.717) is 32.4 Å². The number of likely N-dealkylation sites (tertiary alicyclic amines) is 1. The van der Waals surface area contributed by atoms with Crippen molar-refractivity contribution in [2.75, 3.05) is 25.1 Å². The highest BCUT2D eigenvalue weighted by atomic mass is 16.5. The van der Waals surface area contributed by atoms with E-state index in [4.69, 9.17) is 14.7 Å². The predicted octanol–water partition coefficient (Wildman–Crippen LogP) is 3.39. The highest BCUT2D eigenvalue weighted by Crippen LogP contribution is 2.33. The maximum Gasteiger partial charge on any atom is 0.228 e. The van der Waals surface area contributed by atoms with Gasteiger partial charge in [-0.25, -0.2) is 9.97 Å². The molecule has 2 aromatic rings. The third-order valence-corrected chi connectivity index (χ3v) is 6.30. The molecule has 4 rings (SSSR count). The highest BCUT2D eigenvalue weighted by Gasteiger charge is 2.31. The lowest BCUT2D eigenvalue weighted by Gasteiger charge is -2.34. The first-order valence-corrected chi connectivity index (χ1v) is 11.1. The Balaban J connectivity index is 1.64. The number of hydrogen-bond donors (Lipinski definition) is 0. The standard InChI is InChI=1S/C24H30N4O3/c1-4-21(29)27-13-5-6-18(15-27)23-25-16(2)20-11-12-22(30)28(24(20)26-23)14-17-7-9-19(31-3)10-8-17/h7-10,18H,4-6,11-15H2,1-3H3/t18-/m0/s1. The number of carbonyl (C=O) groups is 2. The Labute approximate surface area is 183 Å². The average Bonchev–Trinajstić information content (AvgIpc) is 2.80. The molecule has 7 nitrogen and oxygen atoms in total. The fraction of sp³-hybridized carbons (Fsp3) is 0.500. The highest BCUT2D eigenvalue weighted by molar-refractivity contribution is 5.95. The maximum absolute atomic E-state index is 12.9. The molecule has 7 heteroatoms. The first-order chi connectivity index (χ1) is 15.0. The van der Waals surface area contributed by atoms with Crippen LogP contribution in [0.25, 0.3) is 0 Å². The zero-order chi connectivity index (χ0) is 22.0. The number of hydrogen-bond acceptors (Lipinski definition) is 5. The van der Waals surface area contributed by atoms with Crippen LogP contribution in [0.4, 0.5) is 5.82 Å². The molecule has 2 aliphatic heterocycles. The minimum absolute atomic E-state index is 0.0822. The smallest absolute Gasteiger partial charge is 0.228 e. The van der Waals surface area contributed by atoms with Crippen LogP contribution in [0.5, 0.6) is 5.75 Å². The fourth-order valence-corrected chi connectivity index (χ4v) is 4.50. The Hall–Kier alpha value is -2.96. The minimum Gasteiger partial charge on any atom is -0.497 e. The van der Waals surface area contributed by atoms with Crippen molar-refractivity contribution in [1.82, 2.24) is 14.9 Å². The van der Waals surface area contributed by atoms with Crippen molar-refractivity contribution < 1.29 is 14.3 Å². The van der Waals surface area contributed by atoms with Crippen molar-refractivity contribution in [3.8, 4) is 5.75 Å². The Morgan fingerprint density at radius 3 is 2.68 bits per heavy atom. The van der Waals surface area contributed by atoms with Gasteiger partial charge in [0.25, 0.3) is 0 Å². The van der Waals surface area contributed by atoms with E-state index in [9.17, 15) is 9.59 Å². The molecule has 3 heterocycles. The summed E-state index contributed by atoms with van der Waals surface area (Å²) in [4.78, 5) is 38.5. The number of aryl methyl sites for hydroxylation is 1. The van der Waals surface area contributed by atoms with E-state index < -0.39 is 0 Å². The van der Waals surface area contributed by atoms with E-state index in [-0.39, 0.29) is 17.7 Å². The molecule has 1 saturated heterocycles. The lowest BCUT2D eigenvalue weighted by molar-refractivity contribution is -0.132. The molecule has 2 aliphatic rings. The number of rotatable bonds is 5. The SMILES string of the molecule is CCC(=O)N1CCC[C@H](c2nc(C)c3c(n2)N(Cc2ccc(OC)cc2)C(=O)CC3)C1. The normalized spacial score (nSPS) is 18.7.